The van der Waals surface area contributed by atoms with Gasteiger partial charge in [-0.15, -0.1) is 0 Å². The molecule has 0 spiro atoms. The summed E-state index contributed by atoms with van der Waals surface area (Å²) in [5.74, 6) is 0. The maximum atomic E-state index is 12.8. The highest BCUT2D eigenvalue weighted by molar-refractivity contribution is 5.55. The van der Waals surface area contributed by atoms with Crippen LogP contribution in [0.2, 0.25) is 0 Å². The Labute approximate surface area is 113 Å². The number of rotatable bonds is 4. The maximum Gasteiger partial charge on any atom is 0.255 e. The quantitative estimate of drug-likeness (QED) is 0.900. The fourth-order valence-electron chi connectivity index (χ4n) is 2.81. The normalized spacial score (nSPS) is 18.3. The standard InChI is InChI=1S/C15H22F2N2/c1-3-15(4-2)11-19(10-14(16)17)13-8-6-5-7-12(13)9-18-15/h5-8,14,18H,3-4,9-11H2,1-2H3. The number of fused-ring (bicyclic) bond motifs is 1. The molecule has 2 nitrogen and oxygen atoms in total. The van der Waals surface area contributed by atoms with E-state index in [0.29, 0.717) is 6.54 Å². The van der Waals surface area contributed by atoms with Crippen molar-refractivity contribution >= 4 is 5.69 Å². The third-order valence-electron chi connectivity index (χ3n) is 4.19. The van der Waals surface area contributed by atoms with Crippen molar-refractivity contribution in [2.45, 2.75) is 45.2 Å². The molecule has 0 fully saturated rings. The Morgan fingerprint density at radius 1 is 1.26 bits per heavy atom. The molecular formula is C15H22F2N2. The van der Waals surface area contributed by atoms with E-state index in [-0.39, 0.29) is 12.1 Å². The smallest absolute Gasteiger partial charge is 0.255 e. The van der Waals surface area contributed by atoms with Gasteiger partial charge in [-0.1, -0.05) is 32.0 Å². The molecule has 19 heavy (non-hydrogen) atoms. The lowest BCUT2D eigenvalue weighted by Gasteiger charge is -2.36. The van der Waals surface area contributed by atoms with E-state index >= 15 is 0 Å². The zero-order chi connectivity index (χ0) is 13.9. The fraction of sp³-hybridized carbons (Fsp3) is 0.600. The van der Waals surface area contributed by atoms with Gasteiger partial charge in [0, 0.05) is 24.3 Å². The van der Waals surface area contributed by atoms with Crippen molar-refractivity contribution in [1.82, 2.24) is 5.32 Å². The lowest BCUT2D eigenvalue weighted by atomic mass is 9.92. The molecule has 2 rings (SSSR count). The number of hydrogen-bond donors (Lipinski definition) is 1. The van der Waals surface area contributed by atoms with E-state index in [2.05, 4.69) is 19.2 Å². The molecule has 1 heterocycles. The first kappa shape index (κ1) is 14.3. The molecule has 0 amide bonds. The monoisotopic (exact) mass is 268 g/mol. The van der Waals surface area contributed by atoms with Gasteiger partial charge in [-0.25, -0.2) is 8.78 Å². The highest BCUT2D eigenvalue weighted by Gasteiger charge is 2.32. The minimum Gasteiger partial charge on any atom is -0.364 e. The number of para-hydroxylation sites is 1. The topological polar surface area (TPSA) is 15.3 Å². The first-order chi connectivity index (χ1) is 9.10. The second kappa shape index (κ2) is 5.87. The average Bonchev–Trinajstić information content (AvgIpc) is 2.57. The number of halogens is 2. The van der Waals surface area contributed by atoms with E-state index in [1.807, 2.05) is 29.2 Å². The van der Waals surface area contributed by atoms with Crippen molar-refractivity contribution in [3.05, 3.63) is 29.8 Å². The third kappa shape index (κ3) is 3.06. The van der Waals surface area contributed by atoms with E-state index in [4.69, 9.17) is 0 Å². The number of anilines is 1. The Morgan fingerprint density at radius 3 is 2.58 bits per heavy atom. The Balaban J connectivity index is 2.34. The van der Waals surface area contributed by atoms with Crippen molar-refractivity contribution < 1.29 is 8.78 Å². The van der Waals surface area contributed by atoms with Crippen LogP contribution in [-0.4, -0.2) is 25.1 Å². The summed E-state index contributed by atoms with van der Waals surface area (Å²) in [5.41, 5.74) is 1.97. The largest absolute Gasteiger partial charge is 0.364 e. The molecule has 4 heteroatoms. The molecule has 0 aromatic heterocycles. The van der Waals surface area contributed by atoms with Gasteiger partial charge in [0.15, 0.2) is 0 Å². The number of hydrogen-bond acceptors (Lipinski definition) is 2. The van der Waals surface area contributed by atoms with Crippen LogP contribution in [0.4, 0.5) is 14.5 Å². The molecule has 0 atom stereocenters. The highest BCUT2D eigenvalue weighted by Crippen LogP contribution is 2.29. The predicted octanol–water partition coefficient (Wildman–Crippen LogP) is 3.42. The Bertz CT molecular complexity index is 416. The van der Waals surface area contributed by atoms with E-state index < -0.39 is 6.43 Å². The molecule has 1 aliphatic heterocycles. The van der Waals surface area contributed by atoms with Crippen LogP contribution in [0, 0.1) is 0 Å². The van der Waals surface area contributed by atoms with Crippen LogP contribution in [0.3, 0.4) is 0 Å². The summed E-state index contributed by atoms with van der Waals surface area (Å²) >= 11 is 0. The SMILES string of the molecule is CCC1(CC)CN(CC(F)F)c2ccccc2CN1. The molecule has 0 saturated carbocycles. The molecule has 1 aromatic carbocycles. The predicted molar refractivity (Wildman–Crippen MR) is 74.8 cm³/mol. The van der Waals surface area contributed by atoms with Crippen LogP contribution in [-0.2, 0) is 6.54 Å². The molecule has 0 unspecified atom stereocenters. The van der Waals surface area contributed by atoms with Gasteiger partial charge >= 0.3 is 0 Å². The number of benzene rings is 1. The van der Waals surface area contributed by atoms with Crippen LogP contribution in [0.5, 0.6) is 0 Å². The molecule has 0 aliphatic carbocycles. The maximum absolute atomic E-state index is 12.8. The summed E-state index contributed by atoms with van der Waals surface area (Å²) in [4.78, 5) is 1.84. The van der Waals surface area contributed by atoms with Gasteiger partial charge in [-0.3, -0.25) is 0 Å². The molecule has 1 N–H and O–H groups in total. The Morgan fingerprint density at radius 2 is 1.95 bits per heavy atom. The summed E-state index contributed by atoms with van der Waals surface area (Å²) in [5, 5.41) is 3.57. The first-order valence-corrected chi connectivity index (χ1v) is 6.96. The molecule has 106 valence electrons. The van der Waals surface area contributed by atoms with Gasteiger partial charge in [0.2, 0.25) is 0 Å². The molecular weight excluding hydrogens is 246 g/mol. The molecule has 1 aliphatic rings. The van der Waals surface area contributed by atoms with Crippen molar-refractivity contribution in [3.8, 4) is 0 Å². The zero-order valence-corrected chi connectivity index (χ0v) is 11.6. The number of nitrogens with one attached hydrogen (secondary N) is 1. The van der Waals surface area contributed by atoms with E-state index in [1.165, 1.54) is 0 Å². The van der Waals surface area contributed by atoms with Gasteiger partial charge in [0.25, 0.3) is 6.43 Å². The summed E-state index contributed by atoms with van der Waals surface area (Å²) in [6, 6.07) is 7.84. The summed E-state index contributed by atoms with van der Waals surface area (Å²) in [6.07, 6.45) is -0.424. The minimum atomic E-state index is -2.31. The Kier molecular flexibility index (Phi) is 4.40. The molecule has 0 saturated heterocycles. The number of alkyl halides is 2. The second-order valence-corrected chi connectivity index (χ2v) is 5.24. The summed E-state index contributed by atoms with van der Waals surface area (Å²) in [7, 11) is 0. The summed E-state index contributed by atoms with van der Waals surface area (Å²) in [6.45, 7) is 5.43. The van der Waals surface area contributed by atoms with Crippen molar-refractivity contribution in [1.29, 1.82) is 0 Å². The van der Waals surface area contributed by atoms with Crippen LogP contribution in [0.15, 0.2) is 24.3 Å². The van der Waals surface area contributed by atoms with Crippen molar-refractivity contribution in [2.75, 3.05) is 18.0 Å². The van der Waals surface area contributed by atoms with E-state index in [1.54, 1.807) is 0 Å². The minimum absolute atomic E-state index is 0.0755. The van der Waals surface area contributed by atoms with Gasteiger partial charge in [0.1, 0.15) is 0 Å². The molecule has 0 radical (unpaired) electrons. The lowest BCUT2D eigenvalue weighted by molar-refractivity contribution is 0.151. The van der Waals surface area contributed by atoms with Gasteiger partial charge < -0.3 is 10.2 Å². The van der Waals surface area contributed by atoms with E-state index in [9.17, 15) is 8.78 Å². The van der Waals surface area contributed by atoms with Crippen LogP contribution >= 0.6 is 0 Å². The van der Waals surface area contributed by atoms with Crippen LogP contribution < -0.4 is 10.2 Å². The van der Waals surface area contributed by atoms with Crippen molar-refractivity contribution in [3.63, 3.8) is 0 Å². The second-order valence-electron chi connectivity index (χ2n) is 5.24. The zero-order valence-electron chi connectivity index (χ0n) is 11.6. The summed E-state index contributed by atoms with van der Waals surface area (Å²) < 4.78 is 25.7. The third-order valence-corrected chi connectivity index (χ3v) is 4.19. The van der Waals surface area contributed by atoms with Gasteiger partial charge in [0.05, 0.1) is 6.54 Å². The molecule has 0 bridgehead atoms. The highest BCUT2D eigenvalue weighted by atomic mass is 19.3. The van der Waals surface area contributed by atoms with Crippen molar-refractivity contribution in [2.24, 2.45) is 0 Å². The average molecular weight is 268 g/mol. The number of nitrogens with zero attached hydrogens (tertiary/aromatic N) is 1. The molecule has 1 aromatic rings. The fourth-order valence-corrected chi connectivity index (χ4v) is 2.81. The van der Waals surface area contributed by atoms with E-state index in [0.717, 1.165) is 30.6 Å². The van der Waals surface area contributed by atoms with Gasteiger partial charge in [-0.05, 0) is 24.5 Å². The van der Waals surface area contributed by atoms with Gasteiger partial charge in [-0.2, -0.15) is 0 Å². The van der Waals surface area contributed by atoms with Crippen LogP contribution in [0.1, 0.15) is 32.3 Å². The first-order valence-electron chi connectivity index (χ1n) is 6.96. The Hall–Kier alpha value is -1.16. The lowest BCUT2D eigenvalue weighted by Crippen LogP contribution is -2.51. The van der Waals surface area contributed by atoms with Crippen LogP contribution in [0.25, 0.3) is 0 Å².